The van der Waals surface area contributed by atoms with E-state index in [1.54, 1.807) is 6.20 Å². The second kappa shape index (κ2) is 6.80. The summed E-state index contributed by atoms with van der Waals surface area (Å²) >= 11 is 0. The third-order valence-corrected chi connectivity index (χ3v) is 2.89. The lowest BCUT2D eigenvalue weighted by Gasteiger charge is -2.16. The maximum Gasteiger partial charge on any atom is 0.225 e. The molecule has 0 saturated heterocycles. The van der Waals surface area contributed by atoms with Gasteiger partial charge in [0.2, 0.25) is 5.95 Å². The van der Waals surface area contributed by atoms with E-state index in [4.69, 9.17) is 0 Å². The first kappa shape index (κ1) is 13.4. The largest absolute Gasteiger partial charge is 0.344 e. The van der Waals surface area contributed by atoms with Crippen LogP contribution in [0.5, 0.6) is 0 Å². The Balaban J connectivity index is 2.02. The molecule has 5 heteroatoms. The Morgan fingerprint density at radius 2 is 1.95 bits per heavy atom. The van der Waals surface area contributed by atoms with Crippen LogP contribution in [0, 0.1) is 0 Å². The molecule has 0 aliphatic heterocycles. The van der Waals surface area contributed by atoms with E-state index in [-0.39, 0.29) is 0 Å². The second-order valence-corrected chi connectivity index (χ2v) is 4.39. The minimum absolute atomic E-state index is 0.753. The van der Waals surface area contributed by atoms with Crippen LogP contribution >= 0.6 is 0 Å². The summed E-state index contributed by atoms with van der Waals surface area (Å²) in [7, 11) is 3.97. The number of aromatic nitrogens is 3. The molecule has 0 unspecified atom stereocenters. The van der Waals surface area contributed by atoms with Crippen molar-refractivity contribution in [1.29, 1.82) is 0 Å². The van der Waals surface area contributed by atoms with Crippen LogP contribution in [0.2, 0.25) is 0 Å². The average Bonchev–Trinajstić information content (AvgIpc) is 2.48. The van der Waals surface area contributed by atoms with Gasteiger partial charge in [-0.25, -0.2) is 9.97 Å². The number of nitrogens with one attached hydrogen (secondary N) is 1. The van der Waals surface area contributed by atoms with Crippen molar-refractivity contribution in [3.05, 3.63) is 36.9 Å². The van der Waals surface area contributed by atoms with Crippen molar-refractivity contribution in [2.24, 2.45) is 0 Å². The van der Waals surface area contributed by atoms with Gasteiger partial charge < -0.3 is 10.2 Å². The van der Waals surface area contributed by atoms with Crippen LogP contribution < -0.4 is 10.2 Å². The summed E-state index contributed by atoms with van der Waals surface area (Å²) in [6, 6.07) is 3.91. The number of hydrogen-bond acceptors (Lipinski definition) is 5. The van der Waals surface area contributed by atoms with Gasteiger partial charge in [-0.2, -0.15) is 0 Å². The zero-order chi connectivity index (χ0) is 13.5. The Morgan fingerprint density at radius 1 is 1.16 bits per heavy atom. The lowest BCUT2D eigenvalue weighted by Crippen LogP contribution is -2.23. The van der Waals surface area contributed by atoms with Crippen LogP contribution in [0.25, 0.3) is 11.1 Å². The molecule has 2 aromatic heterocycles. The van der Waals surface area contributed by atoms with Gasteiger partial charge in [0, 0.05) is 49.5 Å². The van der Waals surface area contributed by atoms with E-state index in [0.717, 1.165) is 36.6 Å². The lowest BCUT2D eigenvalue weighted by atomic mass is 10.2. The lowest BCUT2D eigenvalue weighted by molar-refractivity contribution is 0.704. The predicted molar refractivity (Wildman–Crippen MR) is 77.1 cm³/mol. The van der Waals surface area contributed by atoms with Crippen molar-refractivity contribution < 1.29 is 0 Å². The van der Waals surface area contributed by atoms with Crippen molar-refractivity contribution in [3.8, 4) is 11.1 Å². The zero-order valence-electron chi connectivity index (χ0n) is 11.4. The molecule has 0 saturated carbocycles. The van der Waals surface area contributed by atoms with E-state index >= 15 is 0 Å². The summed E-state index contributed by atoms with van der Waals surface area (Å²) in [6.45, 7) is 1.94. The van der Waals surface area contributed by atoms with E-state index in [1.807, 2.05) is 44.8 Å². The molecule has 5 nitrogen and oxygen atoms in total. The molecule has 0 bridgehead atoms. The fraction of sp³-hybridized carbons (Fsp3) is 0.357. The molecule has 100 valence electrons. The van der Waals surface area contributed by atoms with Gasteiger partial charge >= 0.3 is 0 Å². The van der Waals surface area contributed by atoms with Crippen LogP contribution in [0.4, 0.5) is 5.95 Å². The number of anilines is 1. The highest BCUT2D eigenvalue weighted by Crippen LogP contribution is 2.17. The minimum Gasteiger partial charge on any atom is -0.344 e. The topological polar surface area (TPSA) is 53.9 Å². The molecular formula is C14H19N5. The average molecular weight is 257 g/mol. The van der Waals surface area contributed by atoms with Crippen molar-refractivity contribution in [2.75, 3.05) is 32.1 Å². The zero-order valence-corrected chi connectivity index (χ0v) is 11.4. The van der Waals surface area contributed by atoms with Gasteiger partial charge in [0.25, 0.3) is 0 Å². The molecule has 0 radical (unpaired) electrons. The van der Waals surface area contributed by atoms with E-state index in [2.05, 4.69) is 25.2 Å². The summed E-state index contributed by atoms with van der Waals surface area (Å²) in [6.07, 6.45) is 8.33. The first-order valence-corrected chi connectivity index (χ1v) is 6.39. The normalized spacial score (nSPS) is 10.4. The van der Waals surface area contributed by atoms with Crippen LogP contribution in [-0.4, -0.2) is 42.1 Å². The quantitative estimate of drug-likeness (QED) is 0.796. The van der Waals surface area contributed by atoms with Gasteiger partial charge in [-0.05, 0) is 26.1 Å². The molecule has 2 aromatic rings. The summed E-state index contributed by atoms with van der Waals surface area (Å²) < 4.78 is 0. The summed E-state index contributed by atoms with van der Waals surface area (Å²) in [5.41, 5.74) is 2.02. The van der Waals surface area contributed by atoms with Crippen LogP contribution in [0.1, 0.15) is 6.42 Å². The predicted octanol–water partition coefficient (Wildman–Crippen LogP) is 1.58. The van der Waals surface area contributed by atoms with E-state index in [9.17, 15) is 0 Å². The van der Waals surface area contributed by atoms with E-state index in [1.165, 1.54) is 0 Å². The van der Waals surface area contributed by atoms with E-state index in [0.29, 0.717) is 0 Å². The number of hydrogen-bond donors (Lipinski definition) is 1. The standard InChI is InChI=1S/C14H19N5/c1-15-6-4-8-19(2)14-17-10-13(11-18-14)12-5-3-7-16-9-12/h3,5,7,9-11,15H,4,6,8H2,1-2H3. The molecule has 19 heavy (non-hydrogen) atoms. The third kappa shape index (κ3) is 3.72. The van der Waals surface area contributed by atoms with Crippen molar-refractivity contribution in [1.82, 2.24) is 20.3 Å². The molecule has 0 amide bonds. The molecule has 0 aromatic carbocycles. The molecule has 0 spiro atoms. The van der Waals surface area contributed by atoms with Gasteiger partial charge in [0.05, 0.1) is 0 Å². The molecule has 0 aliphatic carbocycles. The molecule has 0 aliphatic rings. The third-order valence-electron chi connectivity index (χ3n) is 2.89. The monoisotopic (exact) mass is 257 g/mol. The number of rotatable bonds is 6. The SMILES string of the molecule is CNCCCN(C)c1ncc(-c2cccnc2)cn1. The van der Waals surface area contributed by atoms with Gasteiger partial charge in [0.15, 0.2) is 0 Å². The van der Waals surface area contributed by atoms with Crippen LogP contribution in [0.15, 0.2) is 36.9 Å². The van der Waals surface area contributed by atoms with Crippen molar-refractivity contribution in [2.45, 2.75) is 6.42 Å². The molecule has 0 fully saturated rings. The Bertz CT molecular complexity index is 483. The van der Waals surface area contributed by atoms with Gasteiger partial charge in [0.1, 0.15) is 0 Å². The Hall–Kier alpha value is -2.01. The number of nitrogens with zero attached hydrogens (tertiary/aromatic N) is 4. The molecule has 2 heterocycles. The highest BCUT2D eigenvalue weighted by Gasteiger charge is 2.04. The summed E-state index contributed by atoms with van der Waals surface area (Å²) in [5, 5.41) is 3.13. The molecular weight excluding hydrogens is 238 g/mol. The second-order valence-electron chi connectivity index (χ2n) is 4.39. The fourth-order valence-corrected chi connectivity index (χ4v) is 1.79. The highest BCUT2D eigenvalue weighted by molar-refractivity contribution is 5.60. The Kier molecular flexibility index (Phi) is 4.80. The summed E-state index contributed by atoms with van der Waals surface area (Å²) in [5.74, 6) is 0.753. The molecule has 2 rings (SSSR count). The van der Waals surface area contributed by atoms with Gasteiger partial charge in [-0.15, -0.1) is 0 Å². The summed E-state index contributed by atoms with van der Waals surface area (Å²) in [4.78, 5) is 15.0. The van der Waals surface area contributed by atoms with Crippen molar-refractivity contribution in [3.63, 3.8) is 0 Å². The molecule has 1 N–H and O–H groups in total. The van der Waals surface area contributed by atoms with Gasteiger partial charge in [-0.3, -0.25) is 4.98 Å². The fourth-order valence-electron chi connectivity index (χ4n) is 1.79. The minimum atomic E-state index is 0.753. The Labute approximate surface area is 113 Å². The first-order valence-electron chi connectivity index (χ1n) is 6.39. The first-order chi connectivity index (χ1) is 9.31. The van der Waals surface area contributed by atoms with Crippen LogP contribution in [-0.2, 0) is 0 Å². The highest BCUT2D eigenvalue weighted by atomic mass is 15.2. The number of pyridine rings is 1. The van der Waals surface area contributed by atoms with Crippen LogP contribution in [0.3, 0.4) is 0 Å². The smallest absolute Gasteiger partial charge is 0.225 e. The maximum atomic E-state index is 4.40. The van der Waals surface area contributed by atoms with Gasteiger partial charge in [-0.1, -0.05) is 6.07 Å². The van der Waals surface area contributed by atoms with E-state index < -0.39 is 0 Å². The Morgan fingerprint density at radius 3 is 2.58 bits per heavy atom. The molecule has 0 atom stereocenters. The maximum absolute atomic E-state index is 4.40. The van der Waals surface area contributed by atoms with Crippen molar-refractivity contribution >= 4 is 5.95 Å².